The summed E-state index contributed by atoms with van der Waals surface area (Å²) in [5, 5.41) is 10.4. The van der Waals surface area contributed by atoms with Crippen LogP contribution in [0.4, 0.5) is 4.39 Å². The minimum absolute atomic E-state index is 0.110. The number of hydrogen-bond acceptors (Lipinski definition) is 3. The molecule has 0 saturated carbocycles. The van der Waals surface area contributed by atoms with Crippen LogP contribution in [0, 0.1) is 5.82 Å². The molecule has 4 rings (SSSR count). The second kappa shape index (κ2) is 4.37. The van der Waals surface area contributed by atoms with Gasteiger partial charge in [0.25, 0.3) is 0 Å². The molecule has 2 atom stereocenters. The molecule has 4 heteroatoms. The van der Waals surface area contributed by atoms with E-state index in [-0.39, 0.29) is 11.9 Å². The van der Waals surface area contributed by atoms with Crippen molar-refractivity contribution >= 4 is 0 Å². The van der Waals surface area contributed by atoms with Crippen LogP contribution >= 0.6 is 0 Å². The molecule has 2 bridgehead atoms. The third-order valence-electron chi connectivity index (χ3n) is 3.88. The predicted octanol–water partition coefficient (Wildman–Crippen LogP) is 0.859. The number of aliphatic hydroxyl groups excluding tert-OH is 1. The second-order valence-corrected chi connectivity index (χ2v) is 4.90. The van der Waals surface area contributed by atoms with Crippen molar-refractivity contribution in [3.8, 4) is 0 Å². The van der Waals surface area contributed by atoms with E-state index in [1.54, 1.807) is 12.1 Å². The van der Waals surface area contributed by atoms with Crippen LogP contribution in [0.25, 0.3) is 0 Å². The Bertz CT molecular complexity index is 404. The molecule has 3 aliphatic heterocycles. The van der Waals surface area contributed by atoms with Crippen LogP contribution in [0.5, 0.6) is 0 Å². The van der Waals surface area contributed by atoms with Crippen LogP contribution < -0.4 is 0 Å². The summed E-state index contributed by atoms with van der Waals surface area (Å²) in [4.78, 5) is 4.68. The zero-order valence-corrected chi connectivity index (χ0v) is 9.72. The SMILES string of the molecule is OC(c1cccc(F)c1)C1CN2CCN1CC2. The summed E-state index contributed by atoms with van der Waals surface area (Å²) in [5.41, 5.74) is 0.684. The van der Waals surface area contributed by atoms with Crippen molar-refractivity contribution in [3.05, 3.63) is 35.6 Å². The van der Waals surface area contributed by atoms with Crippen LogP contribution in [0.2, 0.25) is 0 Å². The van der Waals surface area contributed by atoms with E-state index >= 15 is 0 Å². The highest BCUT2D eigenvalue weighted by Crippen LogP contribution is 2.27. The lowest BCUT2D eigenvalue weighted by molar-refractivity contribution is -0.0471. The second-order valence-electron chi connectivity index (χ2n) is 4.90. The maximum atomic E-state index is 13.1. The molecule has 1 N–H and O–H groups in total. The Morgan fingerprint density at radius 1 is 1.24 bits per heavy atom. The fourth-order valence-electron chi connectivity index (χ4n) is 2.87. The highest BCUT2D eigenvalue weighted by Gasteiger charge is 2.36. The van der Waals surface area contributed by atoms with E-state index in [1.165, 1.54) is 12.1 Å². The number of aliphatic hydroxyl groups is 1. The molecule has 1 aromatic carbocycles. The van der Waals surface area contributed by atoms with Gasteiger partial charge in [0, 0.05) is 32.7 Å². The molecule has 0 aromatic heterocycles. The minimum Gasteiger partial charge on any atom is -0.387 e. The minimum atomic E-state index is -0.589. The Kier molecular flexibility index (Phi) is 2.86. The standard InChI is InChI=1S/C13H17FN2O/c14-11-3-1-2-10(8-11)13(17)12-9-15-4-6-16(12)7-5-15/h1-3,8,12-13,17H,4-7,9H2. The molecule has 3 fully saturated rings. The van der Waals surface area contributed by atoms with Gasteiger partial charge in [-0.3, -0.25) is 9.80 Å². The Morgan fingerprint density at radius 2 is 2.00 bits per heavy atom. The van der Waals surface area contributed by atoms with Gasteiger partial charge in [0.2, 0.25) is 0 Å². The van der Waals surface area contributed by atoms with Crippen molar-refractivity contribution < 1.29 is 9.50 Å². The van der Waals surface area contributed by atoms with Crippen molar-refractivity contribution in [1.82, 2.24) is 9.80 Å². The van der Waals surface area contributed by atoms with Crippen molar-refractivity contribution in [2.45, 2.75) is 12.1 Å². The maximum absolute atomic E-state index is 13.1. The van der Waals surface area contributed by atoms with Crippen LogP contribution in [-0.2, 0) is 0 Å². The number of hydrogen-bond donors (Lipinski definition) is 1. The first kappa shape index (κ1) is 11.1. The van der Waals surface area contributed by atoms with Gasteiger partial charge >= 0.3 is 0 Å². The molecule has 2 unspecified atom stereocenters. The monoisotopic (exact) mass is 236 g/mol. The first-order valence-corrected chi connectivity index (χ1v) is 6.14. The zero-order chi connectivity index (χ0) is 11.8. The number of piperazine rings is 3. The molecular formula is C13H17FN2O. The van der Waals surface area contributed by atoms with Crippen LogP contribution in [-0.4, -0.2) is 53.7 Å². The molecule has 17 heavy (non-hydrogen) atoms. The summed E-state index contributed by atoms with van der Waals surface area (Å²) < 4.78 is 13.1. The van der Waals surface area contributed by atoms with Gasteiger partial charge in [-0.15, -0.1) is 0 Å². The number of halogens is 1. The van der Waals surface area contributed by atoms with Crippen molar-refractivity contribution in [2.24, 2.45) is 0 Å². The lowest BCUT2D eigenvalue weighted by atomic mass is 9.96. The molecular weight excluding hydrogens is 219 g/mol. The number of fused-ring (bicyclic) bond motifs is 3. The Morgan fingerprint density at radius 3 is 2.59 bits per heavy atom. The smallest absolute Gasteiger partial charge is 0.123 e. The van der Waals surface area contributed by atoms with Gasteiger partial charge in [0.05, 0.1) is 12.1 Å². The van der Waals surface area contributed by atoms with Crippen LogP contribution in [0.3, 0.4) is 0 Å². The van der Waals surface area contributed by atoms with Crippen LogP contribution in [0.15, 0.2) is 24.3 Å². The van der Waals surface area contributed by atoms with Crippen LogP contribution in [0.1, 0.15) is 11.7 Å². The molecule has 0 aliphatic carbocycles. The average molecular weight is 236 g/mol. The normalized spacial score (nSPS) is 33.6. The Balaban J connectivity index is 1.80. The zero-order valence-electron chi connectivity index (χ0n) is 9.72. The summed E-state index contributed by atoms with van der Waals surface area (Å²) >= 11 is 0. The summed E-state index contributed by atoms with van der Waals surface area (Å²) in [5.74, 6) is -0.280. The number of rotatable bonds is 2. The van der Waals surface area contributed by atoms with E-state index < -0.39 is 6.10 Å². The predicted molar refractivity (Wildman–Crippen MR) is 63.2 cm³/mol. The van der Waals surface area contributed by atoms with E-state index in [2.05, 4.69) is 9.80 Å². The first-order valence-electron chi connectivity index (χ1n) is 6.14. The Hall–Kier alpha value is -0.970. The molecule has 0 amide bonds. The fraction of sp³-hybridized carbons (Fsp3) is 0.538. The average Bonchev–Trinajstić information content (AvgIpc) is 2.39. The third kappa shape index (κ3) is 2.08. The molecule has 92 valence electrons. The van der Waals surface area contributed by atoms with Crippen molar-refractivity contribution in [2.75, 3.05) is 32.7 Å². The third-order valence-corrected chi connectivity index (χ3v) is 3.88. The van der Waals surface area contributed by atoms with Gasteiger partial charge in [0.15, 0.2) is 0 Å². The van der Waals surface area contributed by atoms with E-state index in [0.717, 1.165) is 32.7 Å². The summed E-state index contributed by atoms with van der Waals surface area (Å²) in [6.45, 7) is 5.09. The van der Waals surface area contributed by atoms with E-state index in [1.807, 2.05) is 0 Å². The molecule has 3 aliphatic rings. The van der Waals surface area contributed by atoms with Crippen molar-refractivity contribution in [1.29, 1.82) is 0 Å². The molecule has 0 radical (unpaired) electrons. The summed E-state index contributed by atoms with van der Waals surface area (Å²) in [7, 11) is 0. The molecule has 0 spiro atoms. The van der Waals surface area contributed by atoms with Gasteiger partial charge < -0.3 is 5.11 Å². The Labute approximate surface area is 100 Å². The van der Waals surface area contributed by atoms with E-state index in [0.29, 0.717) is 5.56 Å². The number of nitrogens with zero attached hydrogens (tertiary/aromatic N) is 2. The van der Waals surface area contributed by atoms with E-state index in [9.17, 15) is 9.50 Å². The fourth-order valence-corrected chi connectivity index (χ4v) is 2.87. The van der Waals surface area contributed by atoms with Gasteiger partial charge in [-0.05, 0) is 17.7 Å². The molecule has 3 heterocycles. The maximum Gasteiger partial charge on any atom is 0.123 e. The van der Waals surface area contributed by atoms with Crippen molar-refractivity contribution in [3.63, 3.8) is 0 Å². The van der Waals surface area contributed by atoms with Gasteiger partial charge in [0.1, 0.15) is 5.82 Å². The largest absolute Gasteiger partial charge is 0.387 e. The molecule has 1 aromatic rings. The molecule has 3 saturated heterocycles. The van der Waals surface area contributed by atoms with Gasteiger partial charge in [-0.1, -0.05) is 12.1 Å². The topological polar surface area (TPSA) is 26.7 Å². The lowest BCUT2D eigenvalue weighted by Crippen LogP contribution is -2.62. The summed E-state index contributed by atoms with van der Waals surface area (Å²) in [6.07, 6.45) is -0.589. The molecule has 3 nitrogen and oxygen atoms in total. The van der Waals surface area contributed by atoms with E-state index in [4.69, 9.17) is 0 Å². The highest BCUT2D eigenvalue weighted by molar-refractivity contribution is 5.21. The van der Waals surface area contributed by atoms with Gasteiger partial charge in [-0.25, -0.2) is 4.39 Å². The summed E-state index contributed by atoms with van der Waals surface area (Å²) in [6, 6.07) is 6.41. The lowest BCUT2D eigenvalue weighted by Gasteiger charge is -2.49. The highest BCUT2D eigenvalue weighted by atomic mass is 19.1. The first-order chi connectivity index (χ1) is 8.24. The van der Waals surface area contributed by atoms with Gasteiger partial charge in [-0.2, -0.15) is 0 Å². The number of benzene rings is 1. The quantitative estimate of drug-likeness (QED) is 0.825.